The first-order valence-corrected chi connectivity index (χ1v) is 7.16. The molecule has 2 atom stereocenters. The second-order valence-corrected chi connectivity index (χ2v) is 5.56. The first kappa shape index (κ1) is 15.6. The Morgan fingerprint density at radius 3 is 2.57 bits per heavy atom. The molecule has 116 valence electrons. The number of carbonyl (C=O) groups is 1. The standard InChI is InChI=1S/C15H22FN3O2/c1-9-5-4-6-10(2)19(9)18-14-7-11(15(20)21-3)13(17)8-12(14)16/h7-10,18H,4-6,17H2,1-3H3. The van der Waals surface area contributed by atoms with Gasteiger partial charge >= 0.3 is 5.97 Å². The summed E-state index contributed by atoms with van der Waals surface area (Å²) in [7, 11) is 1.27. The van der Waals surface area contributed by atoms with Crippen LogP contribution in [0.25, 0.3) is 0 Å². The lowest BCUT2D eigenvalue weighted by atomic mass is 10.00. The molecule has 21 heavy (non-hydrogen) atoms. The van der Waals surface area contributed by atoms with Gasteiger partial charge in [-0.3, -0.25) is 0 Å². The highest BCUT2D eigenvalue weighted by Gasteiger charge is 2.26. The Kier molecular flexibility index (Phi) is 4.67. The first-order valence-electron chi connectivity index (χ1n) is 7.16. The van der Waals surface area contributed by atoms with E-state index in [2.05, 4.69) is 24.0 Å². The third kappa shape index (κ3) is 3.26. The highest BCUT2D eigenvalue weighted by atomic mass is 19.1. The molecule has 1 aromatic rings. The van der Waals surface area contributed by atoms with E-state index in [4.69, 9.17) is 5.73 Å². The van der Waals surface area contributed by atoms with Crippen LogP contribution in [0.2, 0.25) is 0 Å². The van der Waals surface area contributed by atoms with E-state index < -0.39 is 11.8 Å². The zero-order valence-corrected chi connectivity index (χ0v) is 12.6. The first-order chi connectivity index (χ1) is 9.93. The third-order valence-corrected chi connectivity index (χ3v) is 3.99. The zero-order valence-electron chi connectivity index (χ0n) is 12.6. The highest BCUT2D eigenvalue weighted by Crippen LogP contribution is 2.27. The van der Waals surface area contributed by atoms with Crippen LogP contribution in [0.15, 0.2) is 12.1 Å². The molecule has 1 aliphatic heterocycles. The molecule has 1 aliphatic rings. The van der Waals surface area contributed by atoms with Crippen LogP contribution in [0.5, 0.6) is 0 Å². The lowest BCUT2D eigenvalue weighted by molar-refractivity contribution is 0.0602. The fraction of sp³-hybridized carbons (Fsp3) is 0.533. The molecule has 1 heterocycles. The smallest absolute Gasteiger partial charge is 0.340 e. The molecule has 1 fully saturated rings. The average Bonchev–Trinajstić information content (AvgIpc) is 2.44. The van der Waals surface area contributed by atoms with Crippen LogP contribution < -0.4 is 11.2 Å². The maximum absolute atomic E-state index is 14.1. The molecular formula is C15H22FN3O2. The Hall–Kier alpha value is -1.82. The predicted octanol–water partition coefficient (Wildman–Crippen LogP) is 2.78. The van der Waals surface area contributed by atoms with E-state index >= 15 is 0 Å². The Balaban J connectivity index is 2.28. The van der Waals surface area contributed by atoms with Gasteiger partial charge in [0.2, 0.25) is 0 Å². The number of rotatable bonds is 3. The minimum Gasteiger partial charge on any atom is -0.465 e. The molecule has 0 spiro atoms. The van der Waals surface area contributed by atoms with Crippen molar-refractivity contribution in [3.63, 3.8) is 0 Å². The number of esters is 1. The Morgan fingerprint density at radius 1 is 1.38 bits per heavy atom. The molecule has 6 heteroatoms. The van der Waals surface area contributed by atoms with Crippen molar-refractivity contribution >= 4 is 17.3 Å². The number of anilines is 2. The lowest BCUT2D eigenvalue weighted by Crippen LogP contribution is -2.47. The summed E-state index contributed by atoms with van der Waals surface area (Å²) in [6.45, 7) is 4.19. The Labute approximate surface area is 124 Å². The summed E-state index contributed by atoms with van der Waals surface area (Å²) in [6, 6.07) is 3.15. The van der Waals surface area contributed by atoms with Crippen LogP contribution in [-0.2, 0) is 4.74 Å². The fourth-order valence-electron chi connectivity index (χ4n) is 2.74. The number of piperidine rings is 1. The summed E-state index contributed by atoms with van der Waals surface area (Å²) >= 11 is 0. The molecule has 0 aromatic heterocycles. The number of nitrogens with zero attached hydrogens (tertiary/aromatic N) is 1. The van der Waals surface area contributed by atoms with Crippen LogP contribution in [0, 0.1) is 5.82 Å². The number of hydrazine groups is 1. The van der Waals surface area contributed by atoms with Crippen LogP contribution in [0.1, 0.15) is 43.5 Å². The van der Waals surface area contributed by atoms with Crippen molar-refractivity contribution in [3.05, 3.63) is 23.5 Å². The molecule has 0 bridgehead atoms. The summed E-state index contributed by atoms with van der Waals surface area (Å²) in [5.74, 6) is -1.06. The van der Waals surface area contributed by atoms with E-state index in [0.29, 0.717) is 12.1 Å². The van der Waals surface area contributed by atoms with E-state index in [0.717, 1.165) is 25.3 Å². The second-order valence-electron chi connectivity index (χ2n) is 5.56. The number of nitrogens with two attached hydrogens (primary N) is 1. The largest absolute Gasteiger partial charge is 0.465 e. The van der Waals surface area contributed by atoms with Gasteiger partial charge in [0.1, 0.15) is 5.82 Å². The molecule has 3 N–H and O–H groups in total. The van der Waals surface area contributed by atoms with E-state index in [-0.39, 0.29) is 16.9 Å². The zero-order chi connectivity index (χ0) is 15.6. The second kappa shape index (κ2) is 6.30. The van der Waals surface area contributed by atoms with Gasteiger partial charge in [-0.05, 0) is 38.8 Å². The molecule has 0 saturated carbocycles. The van der Waals surface area contributed by atoms with Crippen LogP contribution in [-0.4, -0.2) is 30.2 Å². The molecule has 2 unspecified atom stereocenters. The van der Waals surface area contributed by atoms with Crippen molar-refractivity contribution in [3.8, 4) is 0 Å². The number of ether oxygens (including phenoxy) is 1. The van der Waals surface area contributed by atoms with Crippen molar-refractivity contribution in [2.45, 2.75) is 45.2 Å². The summed E-state index contributed by atoms with van der Waals surface area (Å²) < 4.78 is 18.7. The monoisotopic (exact) mass is 295 g/mol. The number of benzene rings is 1. The number of halogens is 1. The van der Waals surface area contributed by atoms with E-state index in [9.17, 15) is 9.18 Å². The summed E-state index contributed by atoms with van der Waals surface area (Å²) in [5.41, 5.74) is 9.24. The Morgan fingerprint density at radius 2 is 2.00 bits per heavy atom. The number of nitrogens with one attached hydrogen (secondary N) is 1. The molecule has 1 aromatic carbocycles. The molecule has 0 radical (unpaired) electrons. The molecule has 5 nitrogen and oxygen atoms in total. The molecule has 0 amide bonds. The van der Waals surface area contributed by atoms with E-state index in [1.165, 1.54) is 13.2 Å². The van der Waals surface area contributed by atoms with Gasteiger partial charge < -0.3 is 15.9 Å². The van der Waals surface area contributed by atoms with Crippen LogP contribution >= 0.6 is 0 Å². The van der Waals surface area contributed by atoms with Gasteiger partial charge in [-0.15, -0.1) is 0 Å². The maximum atomic E-state index is 14.1. The SMILES string of the molecule is COC(=O)c1cc(NN2C(C)CCCC2C)c(F)cc1N. The van der Waals surface area contributed by atoms with Crippen molar-refractivity contribution < 1.29 is 13.9 Å². The lowest BCUT2D eigenvalue weighted by Gasteiger charge is -2.39. The van der Waals surface area contributed by atoms with Gasteiger partial charge in [-0.25, -0.2) is 14.2 Å². The molecule has 2 rings (SSSR count). The number of hydrogen-bond acceptors (Lipinski definition) is 5. The molecule has 1 saturated heterocycles. The minimum absolute atomic E-state index is 0.0737. The number of hydrogen-bond donors (Lipinski definition) is 2. The Bertz CT molecular complexity index is 526. The summed E-state index contributed by atoms with van der Waals surface area (Å²) in [4.78, 5) is 11.7. The van der Waals surface area contributed by atoms with Gasteiger partial charge in [0.05, 0.1) is 18.4 Å². The van der Waals surface area contributed by atoms with Gasteiger partial charge in [0.25, 0.3) is 0 Å². The number of methoxy groups -OCH3 is 1. The quantitative estimate of drug-likeness (QED) is 0.663. The van der Waals surface area contributed by atoms with Crippen LogP contribution in [0.3, 0.4) is 0 Å². The van der Waals surface area contributed by atoms with E-state index in [1.54, 1.807) is 0 Å². The maximum Gasteiger partial charge on any atom is 0.340 e. The van der Waals surface area contributed by atoms with Crippen molar-refractivity contribution in [1.29, 1.82) is 0 Å². The predicted molar refractivity (Wildman–Crippen MR) is 80.4 cm³/mol. The van der Waals surface area contributed by atoms with Crippen molar-refractivity contribution in [2.75, 3.05) is 18.3 Å². The molecule has 0 aliphatic carbocycles. The van der Waals surface area contributed by atoms with Crippen LogP contribution in [0.4, 0.5) is 15.8 Å². The number of nitrogen functional groups attached to an aromatic ring is 1. The average molecular weight is 295 g/mol. The topological polar surface area (TPSA) is 67.6 Å². The highest BCUT2D eigenvalue weighted by molar-refractivity contribution is 5.96. The van der Waals surface area contributed by atoms with Gasteiger partial charge in [0, 0.05) is 17.8 Å². The minimum atomic E-state index is -0.574. The van der Waals surface area contributed by atoms with E-state index in [1.807, 2.05) is 5.01 Å². The normalized spacial score (nSPS) is 22.9. The third-order valence-electron chi connectivity index (χ3n) is 3.99. The van der Waals surface area contributed by atoms with Gasteiger partial charge in [-0.1, -0.05) is 6.42 Å². The summed E-state index contributed by atoms with van der Waals surface area (Å²) in [5, 5.41) is 2.03. The van der Waals surface area contributed by atoms with Gasteiger partial charge in [-0.2, -0.15) is 0 Å². The number of carbonyl (C=O) groups excluding carboxylic acids is 1. The molecular weight excluding hydrogens is 273 g/mol. The van der Waals surface area contributed by atoms with Crippen molar-refractivity contribution in [2.24, 2.45) is 0 Å². The fourth-order valence-corrected chi connectivity index (χ4v) is 2.74. The summed E-state index contributed by atoms with van der Waals surface area (Å²) in [6.07, 6.45) is 3.27. The van der Waals surface area contributed by atoms with Gasteiger partial charge in [0.15, 0.2) is 0 Å². The van der Waals surface area contributed by atoms with Crippen molar-refractivity contribution in [1.82, 2.24) is 5.01 Å².